The Balaban J connectivity index is 2.37. The second-order valence-corrected chi connectivity index (χ2v) is 4.90. The summed E-state index contributed by atoms with van der Waals surface area (Å²) in [4.78, 5) is 0. The predicted octanol–water partition coefficient (Wildman–Crippen LogP) is 4.14. The van der Waals surface area contributed by atoms with Gasteiger partial charge in [-0.05, 0) is 48.2 Å². The van der Waals surface area contributed by atoms with E-state index in [9.17, 15) is 4.39 Å². The molecule has 0 saturated heterocycles. The fourth-order valence-corrected chi connectivity index (χ4v) is 2.05. The molecule has 0 amide bonds. The average molecular weight is 264 g/mol. The lowest BCUT2D eigenvalue weighted by atomic mass is 9.97. The Labute approximate surface area is 111 Å². The highest BCUT2D eigenvalue weighted by molar-refractivity contribution is 6.31. The van der Waals surface area contributed by atoms with Crippen LogP contribution in [0.3, 0.4) is 0 Å². The first-order chi connectivity index (χ1) is 8.49. The number of hydrogen-bond acceptors (Lipinski definition) is 1. The summed E-state index contributed by atoms with van der Waals surface area (Å²) in [7, 11) is 0. The van der Waals surface area contributed by atoms with Crippen LogP contribution in [0.25, 0.3) is 0 Å². The molecule has 2 aromatic carbocycles. The minimum atomic E-state index is -0.289. The first-order valence-corrected chi connectivity index (χ1v) is 6.14. The molecule has 2 N–H and O–H groups in total. The molecule has 0 saturated carbocycles. The minimum Gasteiger partial charge on any atom is -0.320 e. The van der Waals surface area contributed by atoms with Crippen molar-refractivity contribution in [2.75, 3.05) is 0 Å². The van der Waals surface area contributed by atoms with E-state index in [1.54, 1.807) is 19.1 Å². The Bertz CT molecular complexity index is 529. The van der Waals surface area contributed by atoms with Crippen LogP contribution in [0.2, 0.25) is 5.02 Å². The summed E-state index contributed by atoms with van der Waals surface area (Å²) in [5.74, 6) is -0.215. The van der Waals surface area contributed by atoms with Crippen LogP contribution in [-0.4, -0.2) is 0 Å². The molecule has 0 radical (unpaired) electrons. The molecule has 0 aliphatic heterocycles. The number of nitrogens with two attached hydrogens (primary N) is 1. The van der Waals surface area contributed by atoms with Gasteiger partial charge in [0, 0.05) is 5.02 Å². The zero-order chi connectivity index (χ0) is 13.3. The maximum absolute atomic E-state index is 13.2. The lowest BCUT2D eigenvalue weighted by Gasteiger charge is -2.14. The topological polar surface area (TPSA) is 26.0 Å². The van der Waals surface area contributed by atoms with Gasteiger partial charge in [-0.15, -0.1) is 0 Å². The van der Waals surface area contributed by atoms with Crippen LogP contribution >= 0.6 is 11.6 Å². The van der Waals surface area contributed by atoms with Gasteiger partial charge in [0.1, 0.15) is 5.82 Å². The van der Waals surface area contributed by atoms with Gasteiger partial charge in [-0.25, -0.2) is 4.39 Å². The summed E-state index contributed by atoms with van der Waals surface area (Å²) in [6.07, 6.45) is 0. The summed E-state index contributed by atoms with van der Waals surface area (Å²) >= 11 is 6.09. The number of halogens is 2. The molecule has 3 heteroatoms. The SMILES string of the molecule is Cc1cc(C(N)c2ccc(C)c(Cl)c2)ccc1F. The maximum Gasteiger partial charge on any atom is 0.126 e. The van der Waals surface area contributed by atoms with Crippen LogP contribution in [-0.2, 0) is 0 Å². The molecule has 1 nitrogen and oxygen atoms in total. The van der Waals surface area contributed by atoms with E-state index in [2.05, 4.69) is 0 Å². The van der Waals surface area contributed by atoms with Crippen molar-refractivity contribution in [1.29, 1.82) is 0 Å². The Kier molecular flexibility index (Phi) is 3.69. The third-order valence-corrected chi connectivity index (χ3v) is 3.50. The van der Waals surface area contributed by atoms with Gasteiger partial charge in [-0.2, -0.15) is 0 Å². The highest BCUT2D eigenvalue weighted by Crippen LogP contribution is 2.25. The van der Waals surface area contributed by atoms with E-state index in [1.165, 1.54) is 6.07 Å². The van der Waals surface area contributed by atoms with Crippen molar-refractivity contribution in [2.24, 2.45) is 5.73 Å². The summed E-state index contributed by atoms with van der Waals surface area (Å²) < 4.78 is 13.2. The smallest absolute Gasteiger partial charge is 0.126 e. The maximum atomic E-state index is 13.2. The van der Waals surface area contributed by atoms with Crippen molar-refractivity contribution in [3.63, 3.8) is 0 Å². The van der Waals surface area contributed by atoms with Gasteiger partial charge in [-0.1, -0.05) is 35.9 Å². The zero-order valence-corrected chi connectivity index (χ0v) is 11.1. The molecule has 2 aromatic rings. The highest BCUT2D eigenvalue weighted by Gasteiger charge is 2.11. The van der Waals surface area contributed by atoms with Gasteiger partial charge in [0.05, 0.1) is 6.04 Å². The molecule has 18 heavy (non-hydrogen) atoms. The van der Waals surface area contributed by atoms with Crippen molar-refractivity contribution < 1.29 is 4.39 Å². The summed E-state index contributed by atoms with van der Waals surface area (Å²) in [6, 6.07) is 10.4. The van der Waals surface area contributed by atoms with Crippen molar-refractivity contribution in [3.8, 4) is 0 Å². The molecule has 1 unspecified atom stereocenters. The molecule has 0 aromatic heterocycles. The van der Waals surface area contributed by atoms with E-state index in [4.69, 9.17) is 17.3 Å². The summed E-state index contributed by atoms with van der Waals surface area (Å²) in [6.45, 7) is 3.67. The number of rotatable bonds is 2. The highest BCUT2D eigenvalue weighted by atomic mass is 35.5. The van der Waals surface area contributed by atoms with Gasteiger partial charge < -0.3 is 5.73 Å². The Morgan fingerprint density at radius 2 is 1.61 bits per heavy atom. The second-order valence-electron chi connectivity index (χ2n) is 4.49. The lowest BCUT2D eigenvalue weighted by Crippen LogP contribution is -2.12. The molecule has 0 aliphatic rings. The number of hydrogen-bond donors (Lipinski definition) is 1. The molecule has 0 fully saturated rings. The Morgan fingerprint density at radius 1 is 1.00 bits per heavy atom. The minimum absolute atomic E-state index is 0.215. The Morgan fingerprint density at radius 3 is 2.22 bits per heavy atom. The van der Waals surface area contributed by atoms with Crippen LogP contribution in [0.15, 0.2) is 36.4 Å². The standard InChI is InChI=1S/C15H15ClFN/c1-9-3-4-12(8-13(9)16)15(18)11-5-6-14(17)10(2)7-11/h3-8,15H,18H2,1-2H3. The van der Waals surface area contributed by atoms with Crippen LogP contribution in [0.1, 0.15) is 28.3 Å². The third-order valence-electron chi connectivity index (χ3n) is 3.10. The fraction of sp³-hybridized carbons (Fsp3) is 0.200. The Hall–Kier alpha value is -1.38. The largest absolute Gasteiger partial charge is 0.320 e. The molecule has 94 valence electrons. The first kappa shape index (κ1) is 13.1. The normalized spacial score (nSPS) is 12.5. The van der Waals surface area contributed by atoms with Gasteiger partial charge in [0.2, 0.25) is 0 Å². The van der Waals surface area contributed by atoms with Crippen LogP contribution < -0.4 is 5.73 Å². The lowest BCUT2D eigenvalue weighted by molar-refractivity contribution is 0.617. The van der Waals surface area contributed by atoms with E-state index in [0.717, 1.165) is 16.7 Å². The van der Waals surface area contributed by atoms with Crippen LogP contribution in [0, 0.1) is 19.7 Å². The van der Waals surface area contributed by atoms with Gasteiger partial charge in [0.15, 0.2) is 0 Å². The van der Waals surface area contributed by atoms with E-state index < -0.39 is 0 Å². The molecule has 0 aliphatic carbocycles. The van der Waals surface area contributed by atoms with Crippen LogP contribution in [0.5, 0.6) is 0 Å². The fourth-order valence-electron chi connectivity index (χ4n) is 1.86. The molecule has 0 bridgehead atoms. The zero-order valence-electron chi connectivity index (χ0n) is 10.4. The van der Waals surface area contributed by atoms with Crippen LogP contribution in [0.4, 0.5) is 4.39 Å². The van der Waals surface area contributed by atoms with E-state index in [0.29, 0.717) is 10.6 Å². The third kappa shape index (κ3) is 2.55. The number of benzene rings is 2. The van der Waals surface area contributed by atoms with Gasteiger partial charge in [-0.3, -0.25) is 0 Å². The quantitative estimate of drug-likeness (QED) is 0.866. The second kappa shape index (κ2) is 5.09. The van der Waals surface area contributed by atoms with Crippen molar-refractivity contribution in [1.82, 2.24) is 0 Å². The summed E-state index contributed by atoms with van der Waals surface area (Å²) in [5, 5.41) is 0.696. The molecular formula is C15H15ClFN. The molecular weight excluding hydrogens is 249 g/mol. The van der Waals surface area contributed by atoms with Crippen molar-refractivity contribution in [3.05, 3.63) is 69.5 Å². The van der Waals surface area contributed by atoms with Crippen molar-refractivity contribution >= 4 is 11.6 Å². The number of aryl methyl sites for hydroxylation is 2. The van der Waals surface area contributed by atoms with E-state index >= 15 is 0 Å². The van der Waals surface area contributed by atoms with Gasteiger partial charge >= 0.3 is 0 Å². The molecule has 1 atom stereocenters. The molecule has 2 rings (SSSR count). The molecule has 0 spiro atoms. The first-order valence-electron chi connectivity index (χ1n) is 5.76. The van der Waals surface area contributed by atoms with E-state index in [1.807, 2.05) is 25.1 Å². The predicted molar refractivity (Wildman–Crippen MR) is 73.4 cm³/mol. The monoisotopic (exact) mass is 263 g/mol. The summed E-state index contributed by atoms with van der Waals surface area (Å²) in [5.41, 5.74) is 9.60. The van der Waals surface area contributed by atoms with Gasteiger partial charge in [0.25, 0.3) is 0 Å². The molecule has 0 heterocycles. The van der Waals surface area contributed by atoms with Crippen molar-refractivity contribution in [2.45, 2.75) is 19.9 Å². The average Bonchev–Trinajstić information content (AvgIpc) is 2.35. The van der Waals surface area contributed by atoms with E-state index in [-0.39, 0.29) is 11.9 Å².